The maximum atomic E-state index is 13.4. The second-order valence-electron chi connectivity index (χ2n) is 27.5. The standard InChI is InChI=1S/C40H71N13O5.C32H52N8O4/c1-25(2)33(16-17-36(55)49-27(5)12-11-19-44-37(42)43)53-40(58)47-23-31(20-29-21-45-34-15-8-7-14-32(29)34)52-38(56)46-22-30(13-9-10-18-41)51-39(57)48-24-35(26(3)4)50-28(6)54;1-4-8-29(42)39-24(19-22-20-37-27-11-6-5-10-25(22)27)13-17-30(43)38-23(9-7-18-36-32(34)35)12-16-31(44)40-26(21(2)3)14-15-28(33)41/h7-8,14-15,21,25-27,30-31,33,35,45H,9-13,16-20,22-24,41H2,1-6H3,(H,49,55)(H,50,54)(H4,42,43,44)(H2,46,52,56)(H2,47,53,58)(H2,48,51,57);5-6,10-11,20-21,23-24,26,37H,4,7-9,12-19H2,1-3H3,(H2,33,41)(H,38,43)(H,39,42)(H,40,44)(H4,34,35,36)/t27-,30+,31+,33-,35-;23-,24+,26+/m10/s1. The van der Waals surface area contributed by atoms with Crippen LogP contribution >= 0.6 is 0 Å². The van der Waals surface area contributed by atoms with E-state index in [1.807, 2.05) is 116 Å². The van der Waals surface area contributed by atoms with Crippen LogP contribution in [0.4, 0.5) is 14.4 Å². The van der Waals surface area contributed by atoms with Gasteiger partial charge in [0.05, 0.1) is 6.04 Å². The highest BCUT2D eigenvalue weighted by atomic mass is 16.2. The SMILES string of the molecule is CC(=O)N[C@H](CNC(=O)N[C@@H](CCCCN)CNC(=O)N[C@H](CNC(=O)N[C@H](CCC(=O)N[C@H](C)CCCN=C(N)N)C(C)C)Cc1c[nH]c2ccccc12)C(C)C.CCCC(=O)N[C@H](CCC(=O)N[C@@H](CCCN=C(N)N)CCC(=O)N[C@H](CCC(N)=O)C(C)C)Cc1c[nH]c2ccccc12. The van der Waals surface area contributed by atoms with Crippen LogP contribution in [0.3, 0.4) is 0 Å². The largest absolute Gasteiger partial charge is 0.370 e. The first-order valence-corrected chi connectivity index (χ1v) is 36.3. The minimum absolute atomic E-state index is 0.00649. The molecular weight excluding hydrogens is 1300 g/mol. The third-order valence-corrected chi connectivity index (χ3v) is 17.5. The summed E-state index contributed by atoms with van der Waals surface area (Å²) in [5, 5.41) is 34.8. The number of aromatic amines is 2. The Morgan fingerprint density at radius 2 is 0.873 bits per heavy atom. The Kier molecular flexibility index (Phi) is 41.3. The summed E-state index contributed by atoms with van der Waals surface area (Å²) in [6.45, 7) is 19.1. The second kappa shape index (κ2) is 48.5. The molecule has 0 unspecified atom stereocenters. The van der Waals surface area contributed by atoms with Gasteiger partial charge in [-0.3, -0.25) is 38.8 Å². The lowest BCUT2D eigenvalue weighted by Crippen LogP contribution is -2.54. The first-order valence-electron chi connectivity index (χ1n) is 36.3. The number of primary amides is 1. The molecule has 0 aliphatic carbocycles. The summed E-state index contributed by atoms with van der Waals surface area (Å²) < 4.78 is 0. The Balaban J connectivity index is 0.000000550. The van der Waals surface area contributed by atoms with E-state index in [4.69, 9.17) is 34.4 Å². The molecule has 2 aromatic heterocycles. The maximum absolute atomic E-state index is 13.4. The van der Waals surface area contributed by atoms with E-state index in [-0.39, 0.29) is 147 Å². The lowest BCUT2D eigenvalue weighted by Gasteiger charge is -2.25. The van der Waals surface area contributed by atoms with Crippen LogP contribution in [0.1, 0.15) is 183 Å². The number of amides is 12. The fourth-order valence-electron chi connectivity index (χ4n) is 11.6. The zero-order chi connectivity index (χ0) is 75.5. The number of aliphatic imine (C=N–C) groups is 2. The summed E-state index contributed by atoms with van der Waals surface area (Å²) >= 11 is 0. The molecule has 30 heteroatoms. The van der Waals surface area contributed by atoms with Gasteiger partial charge in [0.15, 0.2) is 11.9 Å². The third kappa shape index (κ3) is 37.4. The lowest BCUT2D eigenvalue weighted by atomic mass is 9.98. The number of hydrogen-bond acceptors (Lipinski definition) is 12. The number of nitrogens with one attached hydrogen (secondary N) is 13. The highest BCUT2D eigenvalue weighted by Gasteiger charge is 2.25. The zero-order valence-corrected chi connectivity index (χ0v) is 61.8. The molecule has 0 fully saturated rings. The van der Waals surface area contributed by atoms with Crippen molar-refractivity contribution < 1.29 is 43.2 Å². The van der Waals surface area contributed by atoms with E-state index in [1.54, 1.807) is 0 Å². The fraction of sp³-hybridized carbons (Fsp3) is 0.625. The second-order valence-corrected chi connectivity index (χ2v) is 27.5. The molecule has 30 nitrogen and oxygen atoms in total. The number of unbranched alkanes of at least 4 members (excludes halogenated alkanes) is 1. The van der Waals surface area contributed by atoms with Gasteiger partial charge in [-0.25, -0.2) is 14.4 Å². The van der Waals surface area contributed by atoms with Crippen LogP contribution in [-0.4, -0.2) is 163 Å². The first-order chi connectivity index (χ1) is 48.5. The number of carbonyl (C=O) groups excluding carboxylic acids is 9. The molecule has 2 heterocycles. The van der Waals surface area contributed by atoms with Gasteiger partial charge in [-0.15, -0.1) is 0 Å². The topological polar surface area (TPSA) is 498 Å². The van der Waals surface area contributed by atoms with Crippen LogP contribution in [0.2, 0.25) is 0 Å². The predicted molar refractivity (Wildman–Crippen MR) is 404 cm³/mol. The van der Waals surface area contributed by atoms with Gasteiger partial charge >= 0.3 is 18.1 Å². The summed E-state index contributed by atoms with van der Waals surface area (Å²) in [6.07, 6.45) is 13.5. The number of fused-ring (bicyclic) bond motifs is 2. The molecule has 0 saturated carbocycles. The normalized spacial score (nSPS) is 13.5. The number of urea groups is 3. The van der Waals surface area contributed by atoms with E-state index in [0.29, 0.717) is 83.8 Å². The number of para-hydroxylation sites is 2. The molecule has 4 rings (SSSR count). The number of carbonyl (C=O) groups is 9. The molecule has 0 bridgehead atoms. The van der Waals surface area contributed by atoms with Crippen LogP contribution in [0.15, 0.2) is 70.9 Å². The van der Waals surface area contributed by atoms with Crippen LogP contribution < -0.4 is 92.9 Å². The minimum atomic E-state index is -0.504. The fourth-order valence-corrected chi connectivity index (χ4v) is 11.6. The minimum Gasteiger partial charge on any atom is -0.370 e. The number of nitrogens with zero attached hydrogens (tertiary/aromatic N) is 2. The molecule has 12 amide bonds. The third-order valence-electron chi connectivity index (χ3n) is 17.5. The maximum Gasteiger partial charge on any atom is 0.315 e. The number of nitrogens with two attached hydrogens (primary N) is 6. The van der Waals surface area contributed by atoms with Gasteiger partial charge < -0.3 is 103 Å². The molecule has 8 atom stereocenters. The summed E-state index contributed by atoms with van der Waals surface area (Å²) in [6, 6.07) is 12.5. The first kappa shape index (κ1) is 86.9. The van der Waals surface area contributed by atoms with E-state index in [9.17, 15) is 43.2 Å². The summed E-state index contributed by atoms with van der Waals surface area (Å²) in [5.41, 5.74) is 36.7. The Labute approximate surface area is 602 Å². The van der Waals surface area contributed by atoms with Crippen LogP contribution in [0.25, 0.3) is 21.8 Å². The summed E-state index contributed by atoms with van der Waals surface area (Å²) in [7, 11) is 0. The van der Waals surface area contributed by atoms with Crippen molar-refractivity contribution >= 4 is 87.3 Å². The number of H-pyrrole nitrogens is 2. The molecule has 25 N–H and O–H groups in total. The Hall–Kier alpha value is -9.35. The average Bonchev–Trinajstić information content (AvgIpc) is 1.69. The van der Waals surface area contributed by atoms with Gasteiger partial charge in [-0.1, -0.05) is 91.3 Å². The van der Waals surface area contributed by atoms with Crippen molar-refractivity contribution in [3.8, 4) is 0 Å². The quantitative estimate of drug-likeness (QED) is 0.0165. The van der Waals surface area contributed by atoms with E-state index in [0.717, 1.165) is 65.0 Å². The van der Waals surface area contributed by atoms with Crippen LogP contribution in [-0.2, 0) is 41.6 Å². The smallest absolute Gasteiger partial charge is 0.315 e. The van der Waals surface area contributed by atoms with Crippen molar-refractivity contribution in [2.24, 2.45) is 62.1 Å². The van der Waals surface area contributed by atoms with Gasteiger partial charge in [0.25, 0.3) is 0 Å². The van der Waals surface area contributed by atoms with Gasteiger partial charge in [0, 0.05) is 148 Å². The number of hydrogen-bond donors (Lipinski definition) is 19. The highest BCUT2D eigenvalue weighted by Crippen LogP contribution is 2.22. The van der Waals surface area contributed by atoms with Crippen molar-refractivity contribution in [1.82, 2.24) is 68.5 Å². The molecule has 0 spiro atoms. The Morgan fingerprint density at radius 3 is 1.41 bits per heavy atom. The average molecular weight is 1430 g/mol. The van der Waals surface area contributed by atoms with Crippen LogP contribution in [0, 0.1) is 17.8 Å². The summed E-state index contributed by atoms with van der Waals surface area (Å²) in [5.74, 6) is -0.637. The van der Waals surface area contributed by atoms with Crippen LogP contribution in [0.5, 0.6) is 0 Å². The van der Waals surface area contributed by atoms with E-state index in [2.05, 4.69) is 78.4 Å². The van der Waals surface area contributed by atoms with Gasteiger partial charge in [-0.2, -0.15) is 0 Å². The molecule has 0 aliphatic rings. The Bertz CT molecular complexity index is 3250. The predicted octanol–water partition coefficient (Wildman–Crippen LogP) is 4.50. The van der Waals surface area contributed by atoms with Crippen molar-refractivity contribution in [3.63, 3.8) is 0 Å². The monoisotopic (exact) mass is 1430 g/mol. The molecule has 2 aromatic carbocycles. The number of guanidine groups is 2. The van der Waals surface area contributed by atoms with E-state index >= 15 is 0 Å². The van der Waals surface area contributed by atoms with Crippen molar-refractivity contribution in [3.05, 3.63) is 72.1 Å². The molecule has 4 aromatic rings. The molecule has 0 saturated heterocycles. The van der Waals surface area contributed by atoms with Crippen molar-refractivity contribution in [2.45, 2.75) is 233 Å². The zero-order valence-electron chi connectivity index (χ0n) is 61.8. The number of rotatable bonds is 47. The number of aromatic nitrogens is 2. The number of benzene rings is 2. The van der Waals surface area contributed by atoms with Gasteiger partial charge in [0.1, 0.15) is 0 Å². The van der Waals surface area contributed by atoms with Gasteiger partial charge in [-0.05, 0) is 138 Å². The summed E-state index contributed by atoms with van der Waals surface area (Å²) in [4.78, 5) is 128. The molecule has 102 heavy (non-hydrogen) atoms. The lowest BCUT2D eigenvalue weighted by molar-refractivity contribution is -0.125. The molecule has 570 valence electrons. The van der Waals surface area contributed by atoms with Gasteiger partial charge in [0.2, 0.25) is 35.4 Å². The molecule has 0 aliphatic heterocycles. The van der Waals surface area contributed by atoms with E-state index in [1.165, 1.54) is 6.92 Å². The Morgan fingerprint density at radius 1 is 0.431 bits per heavy atom. The highest BCUT2D eigenvalue weighted by molar-refractivity contribution is 5.85. The van der Waals surface area contributed by atoms with Crippen molar-refractivity contribution in [1.29, 1.82) is 0 Å². The molecular formula is C72H123N21O9. The van der Waals surface area contributed by atoms with E-state index < -0.39 is 30.0 Å². The molecule has 0 radical (unpaired) electrons. The van der Waals surface area contributed by atoms with Crippen molar-refractivity contribution in [2.75, 3.05) is 39.3 Å².